The number of hydrogen-bond donors (Lipinski definition) is 0. The largest absolute Gasteiger partial charge is 0.308 e. The molecule has 4 nitrogen and oxygen atoms in total. The average molecular weight is 266 g/mol. The smallest absolute Gasteiger partial charge is 0.198 e. The first-order chi connectivity index (χ1) is 9.70. The van der Waals surface area contributed by atoms with E-state index in [1.54, 1.807) is 0 Å². The molecule has 0 N–H and O–H groups in total. The van der Waals surface area contributed by atoms with Gasteiger partial charge in [-0.3, -0.25) is 0 Å². The van der Waals surface area contributed by atoms with Crippen LogP contribution in [0.2, 0.25) is 0 Å². The molecule has 0 unspecified atom stereocenters. The van der Waals surface area contributed by atoms with Crippen molar-refractivity contribution in [2.45, 2.75) is 33.2 Å². The molecule has 0 amide bonds. The fraction of sp³-hybridized carbons (Fsp3) is 0.312. The maximum absolute atomic E-state index is 4.73. The quantitative estimate of drug-likeness (QED) is 0.727. The summed E-state index contributed by atoms with van der Waals surface area (Å²) < 4.78 is 2.13. The first-order valence-corrected chi connectivity index (χ1v) is 6.99. The molecule has 3 aromatic rings. The average Bonchev–Trinajstić information content (AvgIpc) is 2.85. The van der Waals surface area contributed by atoms with Gasteiger partial charge in [-0.1, -0.05) is 44.2 Å². The second-order valence-electron chi connectivity index (χ2n) is 5.14. The molecule has 0 atom stereocenters. The molecule has 4 heteroatoms. The van der Waals surface area contributed by atoms with Crippen molar-refractivity contribution >= 4 is 11.3 Å². The SMILES string of the molecule is CCn1c(-c2ccccc2)nc2ncc(C(C)C)nc21. The number of aromatic nitrogens is 4. The van der Waals surface area contributed by atoms with Gasteiger partial charge in [-0.25, -0.2) is 15.0 Å². The molecule has 20 heavy (non-hydrogen) atoms. The second-order valence-corrected chi connectivity index (χ2v) is 5.14. The Kier molecular flexibility index (Phi) is 3.22. The number of fused-ring (bicyclic) bond motifs is 1. The summed E-state index contributed by atoms with van der Waals surface area (Å²) in [5.41, 5.74) is 3.69. The molecule has 1 aromatic carbocycles. The monoisotopic (exact) mass is 266 g/mol. The highest BCUT2D eigenvalue weighted by atomic mass is 15.2. The van der Waals surface area contributed by atoms with Crippen molar-refractivity contribution < 1.29 is 0 Å². The minimum atomic E-state index is 0.368. The molecule has 2 aromatic heterocycles. The molecule has 0 fully saturated rings. The van der Waals surface area contributed by atoms with E-state index in [2.05, 4.69) is 47.4 Å². The Morgan fingerprint density at radius 2 is 1.85 bits per heavy atom. The van der Waals surface area contributed by atoms with Crippen LogP contribution >= 0.6 is 0 Å². The molecular weight excluding hydrogens is 248 g/mol. The summed E-state index contributed by atoms with van der Waals surface area (Å²) in [6.07, 6.45) is 1.83. The van der Waals surface area contributed by atoms with E-state index in [1.807, 2.05) is 24.4 Å². The van der Waals surface area contributed by atoms with Crippen LogP contribution in [0, 0.1) is 0 Å². The number of rotatable bonds is 3. The Morgan fingerprint density at radius 1 is 1.10 bits per heavy atom. The molecule has 0 bridgehead atoms. The summed E-state index contributed by atoms with van der Waals surface area (Å²) in [7, 11) is 0. The Bertz CT molecular complexity index is 729. The summed E-state index contributed by atoms with van der Waals surface area (Å²) in [5, 5.41) is 0. The lowest BCUT2D eigenvalue weighted by atomic mass is 10.1. The molecule has 3 rings (SSSR count). The third-order valence-electron chi connectivity index (χ3n) is 3.42. The second kappa shape index (κ2) is 5.04. The predicted octanol–water partition coefficient (Wildman–Crippen LogP) is 3.64. The van der Waals surface area contributed by atoms with Gasteiger partial charge in [0, 0.05) is 12.1 Å². The number of imidazole rings is 1. The molecule has 0 spiro atoms. The summed E-state index contributed by atoms with van der Waals surface area (Å²) in [6, 6.07) is 10.2. The fourth-order valence-electron chi connectivity index (χ4n) is 2.29. The van der Waals surface area contributed by atoms with Crippen molar-refractivity contribution in [1.29, 1.82) is 0 Å². The molecule has 0 radical (unpaired) electrons. The molecular formula is C16H18N4. The standard InChI is InChI=1S/C16H18N4/c1-4-20-15(12-8-6-5-7-9-12)19-14-16(20)18-13(10-17-14)11(2)3/h5-11H,4H2,1-3H3. The number of hydrogen-bond acceptors (Lipinski definition) is 3. The van der Waals surface area contributed by atoms with Crippen molar-refractivity contribution in [3.8, 4) is 11.4 Å². The van der Waals surface area contributed by atoms with Crippen LogP contribution < -0.4 is 0 Å². The fourth-order valence-corrected chi connectivity index (χ4v) is 2.29. The molecule has 0 aliphatic heterocycles. The van der Waals surface area contributed by atoms with Gasteiger partial charge in [0.1, 0.15) is 5.82 Å². The van der Waals surface area contributed by atoms with Gasteiger partial charge in [0.2, 0.25) is 0 Å². The highest BCUT2D eigenvalue weighted by Crippen LogP contribution is 2.23. The zero-order valence-corrected chi connectivity index (χ0v) is 12.0. The first-order valence-electron chi connectivity index (χ1n) is 6.99. The third kappa shape index (κ3) is 2.07. The van der Waals surface area contributed by atoms with Crippen LogP contribution in [0.25, 0.3) is 22.7 Å². The van der Waals surface area contributed by atoms with Crippen molar-refractivity contribution in [3.05, 3.63) is 42.2 Å². The lowest BCUT2D eigenvalue weighted by molar-refractivity contribution is 0.770. The molecule has 0 aliphatic carbocycles. The maximum atomic E-state index is 4.73. The van der Waals surface area contributed by atoms with Crippen molar-refractivity contribution in [3.63, 3.8) is 0 Å². The number of aryl methyl sites for hydroxylation is 1. The molecule has 2 heterocycles. The molecule has 0 aliphatic rings. The van der Waals surface area contributed by atoms with E-state index in [4.69, 9.17) is 4.98 Å². The molecule has 0 saturated heterocycles. The van der Waals surface area contributed by atoms with Crippen LogP contribution in [-0.2, 0) is 6.54 Å². The Hall–Kier alpha value is -2.23. The third-order valence-corrected chi connectivity index (χ3v) is 3.42. The maximum Gasteiger partial charge on any atom is 0.198 e. The van der Waals surface area contributed by atoms with E-state index in [-0.39, 0.29) is 0 Å². The number of nitrogens with zero attached hydrogens (tertiary/aromatic N) is 4. The van der Waals surface area contributed by atoms with Crippen molar-refractivity contribution in [1.82, 2.24) is 19.5 Å². The summed E-state index contributed by atoms with van der Waals surface area (Å²) in [5.74, 6) is 1.30. The van der Waals surface area contributed by atoms with E-state index in [9.17, 15) is 0 Å². The van der Waals surface area contributed by atoms with Crippen molar-refractivity contribution in [2.24, 2.45) is 0 Å². The van der Waals surface area contributed by atoms with Gasteiger partial charge in [0.15, 0.2) is 11.3 Å². The summed E-state index contributed by atoms with van der Waals surface area (Å²) in [6.45, 7) is 7.19. The molecule has 102 valence electrons. The van der Waals surface area contributed by atoms with Gasteiger partial charge < -0.3 is 4.57 Å². The van der Waals surface area contributed by atoms with Crippen LogP contribution in [-0.4, -0.2) is 19.5 Å². The predicted molar refractivity (Wildman–Crippen MR) is 80.5 cm³/mol. The van der Waals surface area contributed by atoms with Gasteiger partial charge in [-0.15, -0.1) is 0 Å². The van der Waals surface area contributed by atoms with Crippen LogP contribution in [0.15, 0.2) is 36.5 Å². The van der Waals surface area contributed by atoms with Gasteiger partial charge in [-0.2, -0.15) is 0 Å². The topological polar surface area (TPSA) is 43.6 Å². The van der Waals surface area contributed by atoms with Gasteiger partial charge in [0.25, 0.3) is 0 Å². The lowest BCUT2D eigenvalue weighted by Crippen LogP contribution is -2.01. The molecule has 0 saturated carbocycles. The van der Waals surface area contributed by atoms with E-state index in [1.165, 1.54) is 0 Å². The van der Waals surface area contributed by atoms with E-state index >= 15 is 0 Å². The zero-order valence-electron chi connectivity index (χ0n) is 12.0. The Labute approximate surface area is 118 Å². The Morgan fingerprint density at radius 3 is 2.50 bits per heavy atom. The van der Waals surface area contributed by atoms with Gasteiger partial charge >= 0.3 is 0 Å². The van der Waals surface area contributed by atoms with Crippen LogP contribution in [0.1, 0.15) is 32.4 Å². The summed E-state index contributed by atoms with van der Waals surface area (Å²) in [4.78, 5) is 13.8. The van der Waals surface area contributed by atoms with E-state index < -0.39 is 0 Å². The van der Waals surface area contributed by atoms with Gasteiger partial charge in [-0.05, 0) is 12.8 Å². The minimum absolute atomic E-state index is 0.368. The van der Waals surface area contributed by atoms with E-state index in [0.717, 1.165) is 34.9 Å². The Balaban J connectivity index is 2.24. The highest BCUT2D eigenvalue weighted by molar-refractivity contribution is 5.73. The minimum Gasteiger partial charge on any atom is -0.308 e. The zero-order chi connectivity index (χ0) is 14.1. The summed E-state index contributed by atoms with van der Waals surface area (Å²) >= 11 is 0. The normalized spacial score (nSPS) is 11.4. The van der Waals surface area contributed by atoms with Crippen LogP contribution in [0.4, 0.5) is 0 Å². The highest BCUT2D eigenvalue weighted by Gasteiger charge is 2.14. The van der Waals surface area contributed by atoms with E-state index in [0.29, 0.717) is 5.92 Å². The lowest BCUT2D eigenvalue weighted by Gasteiger charge is -2.06. The van der Waals surface area contributed by atoms with Crippen molar-refractivity contribution in [2.75, 3.05) is 0 Å². The number of benzene rings is 1. The first kappa shape index (κ1) is 12.8. The van der Waals surface area contributed by atoms with Crippen LogP contribution in [0.3, 0.4) is 0 Å². The van der Waals surface area contributed by atoms with Gasteiger partial charge in [0.05, 0.1) is 11.9 Å². The van der Waals surface area contributed by atoms with Crippen LogP contribution in [0.5, 0.6) is 0 Å².